The number of hydrogen-bond acceptors (Lipinski definition) is 6. The van der Waals surface area contributed by atoms with Gasteiger partial charge in [0, 0.05) is 46.3 Å². The minimum Gasteiger partial charge on any atom is -0.444 e. The van der Waals surface area contributed by atoms with E-state index in [9.17, 15) is 4.79 Å². The van der Waals surface area contributed by atoms with Crippen LogP contribution in [0, 0.1) is 5.92 Å². The maximum Gasteiger partial charge on any atom is 0.410 e. The van der Waals surface area contributed by atoms with E-state index < -0.39 is 5.60 Å². The molecule has 32 heavy (non-hydrogen) atoms. The van der Waals surface area contributed by atoms with Crippen LogP contribution < -0.4 is 10.6 Å². The van der Waals surface area contributed by atoms with Crippen LogP contribution in [0.5, 0.6) is 0 Å². The second-order valence-electron chi connectivity index (χ2n) is 9.66. The first kappa shape index (κ1) is 24.3. The molecule has 0 spiro atoms. The summed E-state index contributed by atoms with van der Waals surface area (Å²) in [6.45, 7) is 9.26. The molecule has 0 aliphatic carbocycles. The molecule has 2 aliphatic heterocycles. The molecule has 0 radical (unpaired) electrons. The van der Waals surface area contributed by atoms with Gasteiger partial charge in [-0.3, -0.25) is 4.99 Å². The van der Waals surface area contributed by atoms with Gasteiger partial charge in [-0.1, -0.05) is 0 Å². The standard InChI is InChI=1S/C22H39N7O3/c1-22(2,3)32-21(30)28-12-6-7-16(13-28)10-11-24-20(23-4)25-17-8-9-19-26-18(15-31-5)27-29(19)14-17/h16-17H,6-15H2,1-5H3,(H2,23,24,25). The van der Waals surface area contributed by atoms with E-state index in [2.05, 4.69) is 25.7 Å². The molecule has 2 N–H and O–H groups in total. The number of carbonyl (C=O) groups is 1. The summed E-state index contributed by atoms with van der Waals surface area (Å²) in [6.07, 6.45) is 4.80. The number of amides is 1. The molecular weight excluding hydrogens is 410 g/mol. The molecule has 1 fully saturated rings. The summed E-state index contributed by atoms with van der Waals surface area (Å²) >= 11 is 0. The van der Waals surface area contributed by atoms with E-state index in [0.29, 0.717) is 12.5 Å². The molecule has 2 unspecified atom stereocenters. The van der Waals surface area contributed by atoms with Crippen LogP contribution in [-0.2, 0) is 29.0 Å². The molecule has 1 amide bonds. The third kappa shape index (κ3) is 7.08. The van der Waals surface area contributed by atoms with Crippen molar-refractivity contribution in [2.24, 2.45) is 10.9 Å². The molecule has 3 heterocycles. The van der Waals surface area contributed by atoms with Crippen molar-refractivity contribution in [3.8, 4) is 0 Å². The lowest BCUT2D eigenvalue weighted by Gasteiger charge is -2.34. The Balaban J connectivity index is 1.41. The maximum absolute atomic E-state index is 12.4. The first-order valence-corrected chi connectivity index (χ1v) is 11.6. The Morgan fingerprint density at radius 3 is 2.81 bits per heavy atom. The Hall–Kier alpha value is -2.36. The highest BCUT2D eigenvalue weighted by molar-refractivity contribution is 5.79. The van der Waals surface area contributed by atoms with E-state index in [1.54, 1.807) is 14.2 Å². The third-order valence-corrected chi connectivity index (χ3v) is 5.76. The number of aliphatic imine (C=N–C) groups is 1. The summed E-state index contributed by atoms with van der Waals surface area (Å²) in [5, 5.41) is 11.5. The average molecular weight is 450 g/mol. The molecule has 1 aromatic rings. The van der Waals surface area contributed by atoms with Crippen LogP contribution >= 0.6 is 0 Å². The highest BCUT2D eigenvalue weighted by Gasteiger charge is 2.27. The average Bonchev–Trinajstić information content (AvgIpc) is 3.14. The molecule has 2 aliphatic rings. The van der Waals surface area contributed by atoms with Gasteiger partial charge in [0.1, 0.15) is 18.0 Å². The van der Waals surface area contributed by atoms with Crippen LogP contribution in [-0.4, -0.2) is 77.2 Å². The fourth-order valence-corrected chi connectivity index (χ4v) is 4.24. The lowest BCUT2D eigenvalue weighted by atomic mass is 9.95. The summed E-state index contributed by atoms with van der Waals surface area (Å²) in [7, 11) is 3.45. The first-order chi connectivity index (χ1) is 15.3. The molecule has 3 rings (SSSR count). The summed E-state index contributed by atoms with van der Waals surface area (Å²) in [5.41, 5.74) is -0.457. The Morgan fingerprint density at radius 1 is 1.28 bits per heavy atom. The van der Waals surface area contributed by atoms with Crippen molar-refractivity contribution in [1.29, 1.82) is 0 Å². The number of guanidine groups is 1. The van der Waals surface area contributed by atoms with Gasteiger partial charge in [-0.25, -0.2) is 14.5 Å². The fraction of sp³-hybridized carbons (Fsp3) is 0.818. The Kier molecular flexibility index (Phi) is 8.33. The first-order valence-electron chi connectivity index (χ1n) is 11.6. The predicted octanol–water partition coefficient (Wildman–Crippen LogP) is 1.94. The van der Waals surface area contributed by atoms with Crippen LogP contribution in [0.2, 0.25) is 0 Å². The Labute approximate surface area is 191 Å². The van der Waals surface area contributed by atoms with Gasteiger partial charge >= 0.3 is 6.09 Å². The van der Waals surface area contributed by atoms with Crippen LogP contribution in [0.4, 0.5) is 4.79 Å². The van der Waals surface area contributed by atoms with Gasteiger partial charge in [-0.15, -0.1) is 0 Å². The molecule has 1 aromatic heterocycles. The van der Waals surface area contributed by atoms with Crippen LogP contribution in [0.25, 0.3) is 0 Å². The quantitative estimate of drug-likeness (QED) is 0.505. The molecule has 2 atom stereocenters. The number of fused-ring (bicyclic) bond motifs is 1. The van der Waals surface area contributed by atoms with Gasteiger partial charge in [0.25, 0.3) is 0 Å². The highest BCUT2D eigenvalue weighted by atomic mass is 16.6. The lowest BCUT2D eigenvalue weighted by molar-refractivity contribution is 0.0162. The number of nitrogens with one attached hydrogen (secondary N) is 2. The number of nitrogens with zero attached hydrogens (tertiary/aromatic N) is 5. The summed E-state index contributed by atoms with van der Waals surface area (Å²) < 4.78 is 12.6. The minimum absolute atomic E-state index is 0.203. The largest absolute Gasteiger partial charge is 0.444 e. The number of likely N-dealkylation sites (tertiary alicyclic amines) is 1. The summed E-state index contributed by atoms with van der Waals surface area (Å²) in [5.74, 6) is 3.02. The molecule has 180 valence electrons. The van der Waals surface area contributed by atoms with Crippen LogP contribution in [0.15, 0.2) is 4.99 Å². The zero-order valence-electron chi connectivity index (χ0n) is 20.2. The van der Waals surface area contributed by atoms with Crippen molar-refractivity contribution in [2.75, 3.05) is 33.8 Å². The Morgan fingerprint density at radius 2 is 2.09 bits per heavy atom. The van der Waals surface area contributed by atoms with Gasteiger partial charge in [0.05, 0.1) is 6.54 Å². The van der Waals surface area contributed by atoms with Crippen molar-refractivity contribution in [3.05, 3.63) is 11.6 Å². The van der Waals surface area contributed by atoms with E-state index in [1.165, 1.54) is 0 Å². The normalized spacial score (nSPS) is 21.8. The molecule has 0 aromatic carbocycles. The van der Waals surface area contributed by atoms with Crippen molar-refractivity contribution in [2.45, 2.75) is 77.7 Å². The van der Waals surface area contributed by atoms with Crippen LogP contribution in [0.1, 0.15) is 58.1 Å². The number of carbonyl (C=O) groups excluding carboxylic acids is 1. The van der Waals surface area contributed by atoms with E-state index >= 15 is 0 Å². The highest BCUT2D eigenvalue weighted by Crippen LogP contribution is 2.21. The number of aromatic nitrogens is 3. The molecular formula is C22H39N7O3. The van der Waals surface area contributed by atoms with Gasteiger partial charge < -0.3 is 25.0 Å². The fourth-order valence-electron chi connectivity index (χ4n) is 4.24. The monoisotopic (exact) mass is 449 g/mol. The van der Waals surface area contributed by atoms with Gasteiger partial charge in [-0.2, -0.15) is 5.10 Å². The SMILES string of the molecule is CN=C(NCCC1CCCN(C(=O)OC(C)(C)C)C1)NC1CCc2nc(COC)nn2C1. The second kappa shape index (κ2) is 11.0. The van der Waals surface area contributed by atoms with Crippen molar-refractivity contribution >= 4 is 12.1 Å². The van der Waals surface area contributed by atoms with E-state index in [0.717, 1.165) is 75.9 Å². The zero-order valence-corrected chi connectivity index (χ0v) is 20.2. The van der Waals surface area contributed by atoms with E-state index in [4.69, 9.17) is 9.47 Å². The number of aryl methyl sites for hydroxylation is 1. The molecule has 10 nitrogen and oxygen atoms in total. The topological polar surface area (TPSA) is 106 Å². The van der Waals surface area contributed by atoms with Gasteiger partial charge in [0.15, 0.2) is 11.8 Å². The summed E-state index contributed by atoms with van der Waals surface area (Å²) in [6, 6.07) is 0.253. The van der Waals surface area contributed by atoms with Gasteiger partial charge in [0.2, 0.25) is 0 Å². The lowest BCUT2D eigenvalue weighted by Crippen LogP contribution is -2.48. The number of piperidine rings is 1. The predicted molar refractivity (Wildman–Crippen MR) is 122 cm³/mol. The number of methoxy groups -OCH3 is 1. The van der Waals surface area contributed by atoms with Crippen LogP contribution in [0.3, 0.4) is 0 Å². The molecule has 0 bridgehead atoms. The number of hydrogen-bond donors (Lipinski definition) is 2. The van der Waals surface area contributed by atoms with Gasteiger partial charge in [-0.05, 0) is 52.4 Å². The minimum atomic E-state index is -0.457. The zero-order chi connectivity index (χ0) is 23.1. The Bertz CT molecular complexity index is 787. The smallest absolute Gasteiger partial charge is 0.410 e. The van der Waals surface area contributed by atoms with E-state index in [-0.39, 0.29) is 12.1 Å². The number of ether oxygens (including phenoxy) is 2. The van der Waals surface area contributed by atoms with E-state index in [1.807, 2.05) is 30.4 Å². The third-order valence-electron chi connectivity index (χ3n) is 5.76. The van der Waals surface area contributed by atoms with Crippen molar-refractivity contribution in [1.82, 2.24) is 30.3 Å². The molecule has 1 saturated heterocycles. The van der Waals surface area contributed by atoms with Crippen molar-refractivity contribution in [3.63, 3.8) is 0 Å². The summed E-state index contributed by atoms with van der Waals surface area (Å²) in [4.78, 5) is 23.1. The number of rotatable bonds is 6. The van der Waals surface area contributed by atoms with Crippen molar-refractivity contribution < 1.29 is 14.3 Å². The second-order valence-corrected chi connectivity index (χ2v) is 9.66. The molecule has 0 saturated carbocycles. The molecule has 10 heteroatoms. The maximum atomic E-state index is 12.4.